The van der Waals surface area contributed by atoms with E-state index >= 15 is 0 Å². The summed E-state index contributed by atoms with van der Waals surface area (Å²) < 4.78 is 13.2. The van der Waals surface area contributed by atoms with Crippen LogP contribution in [0.25, 0.3) is 6.08 Å². The standard InChI is InChI=1S/C12H13FO/c13-12-4-2-1-3-10(12)7-11(8-14)9-5-6-9/h1-4,7,9,14H,5-6,8H2/b11-7+. The molecule has 0 aliphatic heterocycles. The second kappa shape index (κ2) is 3.93. The summed E-state index contributed by atoms with van der Waals surface area (Å²) in [7, 11) is 0. The largest absolute Gasteiger partial charge is 0.392 e. The molecule has 1 saturated carbocycles. The summed E-state index contributed by atoms with van der Waals surface area (Å²) in [6.07, 6.45) is 4.02. The van der Waals surface area contributed by atoms with Gasteiger partial charge in [0.1, 0.15) is 5.82 Å². The summed E-state index contributed by atoms with van der Waals surface area (Å²) in [5.41, 5.74) is 1.53. The van der Waals surface area contributed by atoms with Crippen LogP contribution in [0.4, 0.5) is 4.39 Å². The molecule has 0 heterocycles. The van der Waals surface area contributed by atoms with Gasteiger partial charge in [-0.3, -0.25) is 0 Å². The third-order valence-corrected chi connectivity index (χ3v) is 2.53. The maximum Gasteiger partial charge on any atom is 0.130 e. The highest BCUT2D eigenvalue weighted by molar-refractivity contribution is 5.54. The number of hydrogen-bond donors (Lipinski definition) is 1. The highest BCUT2D eigenvalue weighted by atomic mass is 19.1. The van der Waals surface area contributed by atoms with Gasteiger partial charge in [-0.2, -0.15) is 0 Å². The van der Waals surface area contributed by atoms with Crippen LogP contribution in [0.15, 0.2) is 29.8 Å². The zero-order valence-electron chi connectivity index (χ0n) is 7.91. The molecular weight excluding hydrogens is 179 g/mol. The number of halogens is 1. The Balaban J connectivity index is 2.26. The van der Waals surface area contributed by atoms with Gasteiger partial charge in [-0.25, -0.2) is 4.39 Å². The first-order chi connectivity index (χ1) is 6.81. The molecule has 74 valence electrons. The molecule has 2 heteroatoms. The van der Waals surface area contributed by atoms with Gasteiger partial charge in [0.25, 0.3) is 0 Å². The molecule has 1 nitrogen and oxygen atoms in total. The molecule has 1 aliphatic rings. The van der Waals surface area contributed by atoms with Crippen LogP contribution in [0, 0.1) is 11.7 Å². The fourth-order valence-corrected chi connectivity index (χ4v) is 1.54. The van der Waals surface area contributed by atoms with E-state index in [0.29, 0.717) is 11.5 Å². The van der Waals surface area contributed by atoms with Crippen molar-refractivity contribution in [1.29, 1.82) is 0 Å². The molecule has 0 atom stereocenters. The summed E-state index contributed by atoms with van der Waals surface area (Å²) in [5.74, 6) is 0.263. The lowest BCUT2D eigenvalue weighted by Crippen LogP contribution is -1.93. The van der Waals surface area contributed by atoms with Crippen LogP contribution in [-0.2, 0) is 0 Å². The first-order valence-corrected chi connectivity index (χ1v) is 4.87. The highest BCUT2D eigenvalue weighted by Crippen LogP contribution is 2.37. The van der Waals surface area contributed by atoms with Crippen molar-refractivity contribution in [2.45, 2.75) is 12.8 Å². The Kier molecular flexibility index (Phi) is 2.64. The average Bonchev–Trinajstić information content (AvgIpc) is 3.00. The molecule has 0 saturated heterocycles. The Morgan fingerprint density at radius 3 is 2.71 bits per heavy atom. The Morgan fingerprint density at radius 1 is 1.43 bits per heavy atom. The van der Waals surface area contributed by atoms with E-state index in [-0.39, 0.29) is 12.4 Å². The van der Waals surface area contributed by atoms with Crippen molar-refractivity contribution in [3.05, 3.63) is 41.2 Å². The SMILES string of the molecule is OC/C(=C\c1ccccc1F)C1CC1. The highest BCUT2D eigenvalue weighted by Gasteiger charge is 2.25. The van der Waals surface area contributed by atoms with Gasteiger partial charge in [0.2, 0.25) is 0 Å². The van der Waals surface area contributed by atoms with Crippen LogP contribution in [0.2, 0.25) is 0 Å². The van der Waals surface area contributed by atoms with Gasteiger partial charge in [0.05, 0.1) is 6.61 Å². The van der Waals surface area contributed by atoms with E-state index in [1.807, 2.05) is 0 Å². The lowest BCUT2D eigenvalue weighted by molar-refractivity contribution is 0.326. The second-order valence-electron chi connectivity index (χ2n) is 3.67. The van der Waals surface area contributed by atoms with E-state index in [4.69, 9.17) is 5.11 Å². The van der Waals surface area contributed by atoms with E-state index < -0.39 is 0 Å². The van der Waals surface area contributed by atoms with Crippen LogP contribution < -0.4 is 0 Å². The van der Waals surface area contributed by atoms with E-state index in [2.05, 4.69) is 0 Å². The third-order valence-electron chi connectivity index (χ3n) is 2.53. The molecule has 0 radical (unpaired) electrons. The smallest absolute Gasteiger partial charge is 0.130 e. The van der Waals surface area contributed by atoms with Gasteiger partial charge in [0, 0.05) is 5.56 Å². The van der Waals surface area contributed by atoms with Crippen LogP contribution in [0.5, 0.6) is 0 Å². The summed E-state index contributed by atoms with van der Waals surface area (Å²) in [5, 5.41) is 9.10. The predicted octanol–water partition coefficient (Wildman–Crippen LogP) is 2.61. The first kappa shape index (κ1) is 9.41. The third kappa shape index (κ3) is 2.02. The quantitative estimate of drug-likeness (QED) is 0.780. The number of aliphatic hydroxyl groups is 1. The molecule has 1 fully saturated rings. The molecular formula is C12H13FO. The molecule has 0 bridgehead atoms. The van der Waals surface area contributed by atoms with Crippen LogP contribution in [-0.4, -0.2) is 11.7 Å². The van der Waals surface area contributed by atoms with Crippen molar-refractivity contribution >= 4 is 6.08 Å². The molecule has 0 unspecified atom stereocenters. The minimum atomic E-state index is -0.223. The van der Waals surface area contributed by atoms with Gasteiger partial charge in [-0.05, 0) is 30.4 Å². The Morgan fingerprint density at radius 2 is 2.14 bits per heavy atom. The second-order valence-corrected chi connectivity index (χ2v) is 3.67. The number of benzene rings is 1. The average molecular weight is 192 g/mol. The Hall–Kier alpha value is -1.15. The minimum absolute atomic E-state index is 0.0407. The van der Waals surface area contributed by atoms with Gasteiger partial charge >= 0.3 is 0 Å². The number of aliphatic hydroxyl groups excluding tert-OH is 1. The normalized spacial score (nSPS) is 17.1. The first-order valence-electron chi connectivity index (χ1n) is 4.87. The number of rotatable bonds is 3. The molecule has 1 aliphatic carbocycles. The molecule has 1 N–H and O–H groups in total. The van der Waals surface area contributed by atoms with E-state index in [1.54, 1.807) is 24.3 Å². The molecule has 1 aromatic carbocycles. The van der Waals surface area contributed by atoms with Crippen LogP contribution in [0.3, 0.4) is 0 Å². The van der Waals surface area contributed by atoms with Gasteiger partial charge < -0.3 is 5.11 Å². The fourth-order valence-electron chi connectivity index (χ4n) is 1.54. The van der Waals surface area contributed by atoms with E-state index in [1.165, 1.54) is 6.07 Å². The van der Waals surface area contributed by atoms with Gasteiger partial charge in [-0.1, -0.05) is 24.3 Å². The lowest BCUT2D eigenvalue weighted by Gasteiger charge is -2.02. The summed E-state index contributed by atoms with van der Waals surface area (Å²) in [6.45, 7) is 0.0407. The predicted molar refractivity (Wildman–Crippen MR) is 54.2 cm³/mol. The Labute approximate surface area is 82.9 Å². The van der Waals surface area contributed by atoms with Crippen LogP contribution >= 0.6 is 0 Å². The number of hydrogen-bond acceptors (Lipinski definition) is 1. The molecule has 14 heavy (non-hydrogen) atoms. The monoisotopic (exact) mass is 192 g/mol. The maximum atomic E-state index is 13.2. The summed E-state index contributed by atoms with van der Waals surface area (Å²) >= 11 is 0. The van der Waals surface area contributed by atoms with Crippen molar-refractivity contribution in [2.24, 2.45) is 5.92 Å². The van der Waals surface area contributed by atoms with Crippen LogP contribution in [0.1, 0.15) is 18.4 Å². The van der Waals surface area contributed by atoms with Gasteiger partial charge in [0.15, 0.2) is 0 Å². The lowest BCUT2D eigenvalue weighted by atomic mass is 10.1. The molecule has 2 rings (SSSR count). The fraction of sp³-hybridized carbons (Fsp3) is 0.333. The van der Waals surface area contributed by atoms with Gasteiger partial charge in [-0.15, -0.1) is 0 Å². The van der Waals surface area contributed by atoms with Crippen molar-refractivity contribution in [3.63, 3.8) is 0 Å². The maximum absolute atomic E-state index is 13.2. The van der Waals surface area contributed by atoms with Crippen molar-refractivity contribution < 1.29 is 9.50 Å². The summed E-state index contributed by atoms with van der Waals surface area (Å²) in [4.78, 5) is 0. The molecule has 0 amide bonds. The zero-order valence-corrected chi connectivity index (χ0v) is 7.91. The van der Waals surface area contributed by atoms with E-state index in [0.717, 1.165) is 18.4 Å². The van der Waals surface area contributed by atoms with Crippen molar-refractivity contribution in [1.82, 2.24) is 0 Å². The molecule has 0 spiro atoms. The van der Waals surface area contributed by atoms with Crippen molar-refractivity contribution in [3.8, 4) is 0 Å². The topological polar surface area (TPSA) is 20.2 Å². The van der Waals surface area contributed by atoms with E-state index in [9.17, 15) is 4.39 Å². The zero-order chi connectivity index (χ0) is 9.97. The summed E-state index contributed by atoms with van der Waals surface area (Å²) in [6, 6.07) is 6.64. The minimum Gasteiger partial charge on any atom is -0.392 e. The Bertz CT molecular complexity index is 353. The molecule has 1 aromatic rings. The molecule has 0 aromatic heterocycles. The van der Waals surface area contributed by atoms with Crippen molar-refractivity contribution in [2.75, 3.05) is 6.61 Å².